The number of aromatic hydroxyl groups is 1. The van der Waals surface area contributed by atoms with Gasteiger partial charge in [0, 0.05) is 0 Å². The van der Waals surface area contributed by atoms with Crippen molar-refractivity contribution in [1.29, 1.82) is 0 Å². The van der Waals surface area contributed by atoms with E-state index in [4.69, 9.17) is 18.9 Å². The highest BCUT2D eigenvalue weighted by Crippen LogP contribution is 2.32. The highest BCUT2D eigenvalue weighted by atomic mass is 16.6. The van der Waals surface area contributed by atoms with Crippen molar-refractivity contribution in [3.63, 3.8) is 0 Å². The fraction of sp³-hybridized carbons (Fsp3) is 0.132. The minimum atomic E-state index is -0.992. The fourth-order valence-electron chi connectivity index (χ4n) is 4.84. The summed E-state index contributed by atoms with van der Waals surface area (Å²) in [5.74, 6) is -1.82. The maximum atomic E-state index is 13.7. The molecular weight excluding hydrogens is 584 g/mol. The molecule has 0 aromatic heterocycles. The smallest absolute Gasteiger partial charge is 0.343 e. The van der Waals surface area contributed by atoms with E-state index in [1.807, 2.05) is 24.3 Å². The molecule has 0 unspecified atom stereocenters. The summed E-state index contributed by atoms with van der Waals surface area (Å²) in [6.07, 6.45) is 9.23. The van der Waals surface area contributed by atoms with Crippen molar-refractivity contribution in [3.05, 3.63) is 155 Å². The number of methoxy groups -OCH3 is 1. The molecule has 2 atom stereocenters. The van der Waals surface area contributed by atoms with Crippen LogP contribution in [0.25, 0.3) is 6.08 Å². The summed E-state index contributed by atoms with van der Waals surface area (Å²) in [6.45, 7) is 0. The summed E-state index contributed by atoms with van der Waals surface area (Å²) >= 11 is 0. The minimum Gasteiger partial charge on any atom is -0.508 e. The number of phenols is 1. The van der Waals surface area contributed by atoms with Gasteiger partial charge in [0.2, 0.25) is 0 Å². The molecule has 0 bridgehead atoms. The SMILES string of the molecule is COc1ccc(C(=O)Oc2ccc(C(=O)O[C@@H](C3=CCCC=C3)[C@@H](C(=O)O/C=C/c3ccc(O)cc3)c3ccccc3)cc2)cc1. The normalized spacial score (nSPS) is 13.7. The lowest BCUT2D eigenvalue weighted by molar-refractivity contribution is -0.142. The van der Waals surface area contributed by atoms with Gasteiger partial charge in [0.1, 0.15) is 29.3 Å². The number of rotatable bonds is 11. The number of benzene rings is 4. The van der Waals surface area contributed by atoms with Gasteiger partial charge in [-0.15, -0.1) is 0 Å². The average Bonchev–Trinajstić information content (AvgIpc) is 3.10. The maximum Gasteiger partial charge on any atom is 0.343 e. The van der Waals surface area contributed by atoms with Crippen molar-refractivity contribution in [2.45, 2.75) is 24.9 Å². The topological polar surface area (TPSA) is 108 Å². The molecule has 5 rings (SSSR count). The Labute approximate surface area is 266 Å². The highest BCUT2D eigenvalue weighted by Gasteiger charge is 2.36. The zero-order valence-electron chi connectivity index (χ0n) is 25.1. The van der Waals surface area contributed by atoms with E-state index >= 15 is 0 Å². The molecule has 1 N–H and O–H groups in total. The van der Waals surface area contributed by atoms with Crippen molar-refractivity contribution in [3.8, 4) is 17.2 Å². The number of phenolic OH excluding ortho intramolecular Hbond substituents is 1. The third kappa shape index (κ3) is 8.18. The molecule has 1 aliphatic carbocycles. The second-order valence-electron chi connectivity index (χ2n) is 10.4. The molecule has 232 valence electrons. The van der Waals surface area contributed by atoms with Crippen molar-refractivity contribution >= 4 is 24.0 Å². The number of allylic oxidation sites excluding steroid dienone is 2. The molecular formula is C38H32O8. The summed E-state index contributed by atoms with van der Waals surface area (Å²) in [5, 5.41) is 9.53. The first-order chi connectivity index (χ1) is 22.4. The Kier molecular flexibility index (Phi) is 10.4. The minimum absolute atomic E-state index is 0.126. The Morgan fingerprint density at radius 2 is 1.41 bits per heavy atom. The molecule has 0 radical (unpaired) electrons. The van der Waals surface area contributed by atoms with E-state index in [2.05, 4.69) is 0 Å². The molecule has 4 aromatic rings. The molecule has 0 spiro atoms. The first-order valence-electron chi connectivity index (χ1n) is 14.7. The third-order valence-corrected chi connectivity index (χ3v) is 7.27. The van der Waals surface area contributed by atoms with Gasteiger partial charge in [0.05, 0.1) is 24.5 Å². The van der Waals surface area contributed by atoms with Crippen LogP contribution >= 0.6 is 0 Å². The van der Waals surface area contributed by atoms with Crippen molar-refractivity contribution in [1.82, 2.24) is 0 Å². The van der Waals surface area contributed by atoms with Crippen molar-refractivity contribution < 1.29 is 38.4 Å². The van der Waals surface area contributed by atoms with Gasteiger partial charge in [-0.3, -0.25) is 4.79 Å². The van der Waals surface area contributed by atoms with E-state index in [0.717, 1.165) is 18.4 Å². The zero-order chi connectivity index (χ0) is 32.3. The first-order valence-corrected chi connectivity index (χ1v) is 14.7. The third-order valence-electron chi connectivity index (χ3n) is 7.27. The summed E-state index contributed by atoms with van der Waals surface area (Å²) in [4.78, 5) is 39.8. The number of esters is 3. The van der Waals surface area contributed by atoms with E-state index in [0.29, 0.717) is 22.4 Å². The molecule has 0 saturated heterocycles. The number of carbonyl (C=O) groups excluding carboxylic acids is 3. The van der Waals surface area contributed by atoms with Crippen LogP contribution in [0, 0.1) is 0 Å². The lowest BCUT2D eigenvalue weighted by Crippen LogP contribution is -2.33. The van der Waals surface area contributed by atoms with Crippen molar-refractivity contribution in [2.75, 3.05) is 7.11 Å². The molecule has 0 fully saturated rings. The van der Waals surface area contributed by atoms with Crippen LogP contribution in [0.15, 0.2) is 133 Å². The van der Waals surface area contributed by atoms with Crippen LogP contribution < -0.4 is 9.47 Å². The Morgan fingerprint density at radius 3 is 2.04 bits per heavy atom. The van der Waals surface area contributed by atoms with E-state index in [-0.39, 0.29) is 17.1 Å². The second kappa shape index (κ2) is 15.2. The molecule has 4 aromatic carbocycles. The van der Waals surface area contributed by atoms with Crippen LogP contribution in [0.5, 0.6) is 17.2 Å². The van der Waals surface area contributed by atoms with Gasteiger partial charge in [-0.1, -0.05) is 60.7 Å². The Morgan fingerprint density at radius 1 is 0.761 bits per heavy atom. The number of hydrogen-bond acceptors (Lipinski definition) is 8. The summed E-state index contributed by atoms with van der Waals surface area (Å²) in [6, 6.07) is 28.0. The van der Waals surface area contributed by atoms with Crippen molar-refractivity contribution in [2.24, 2.45) is 0 Å². The van der Waals surface area contributed by atoms with Gasteiger partial charge in [-0.2, -0.15) is 0 Å². The van der Waals surface area contributed by atoms with E-state index in [9.17, 15) is 19.5 Å². The fourth-order valence-corrected chi connectivity index (χ4v) is 4.84. The lowest BCUT2D eigenvalue weighted by Gasteiger charge is -2.28. The van der Waals surface area contributed by atoms with Gasteiger partial charge >= 0.3 is 17.9 Å². The van der Waals surface area contributed by atoms with Gasteiger partial charge in [-0.25, -0.2) is 9.59 Å². The zero-order valence-corrected chi connectivity index (χ0v) is 25.1. The van der Waals surface area contributed by atoms with Crippen LogP contribution in [0.1, 0.15) is 50.6 Å². The average molecular weight is 617 g/mol. The second-order valence-corrected chi connectivity index (χ2v) is 10.4. The summed E-state index contributed by atoms with van der Waals surface area (Å²) in [5.41, 5.74) is 2.57. The van der Waals surface area contributed by atoms with E-state index in [1.165, 1.54) is 49.8 Å². The van der Waals surface area contributed by atoms with Crippen LogP contribution in [0.4, 0.5) is 0 Å². The monoisotopic (exact) mass is 616 g/mol. The summed E-state index contributed by atoms with van der Waals surface area (Å²) < 4.78 is 22.2. The lowest BCUT2D eigenvalue weighted by atomic mass is 9.86. The van der Waals surface area contributed by atoms with E-state index in [1.54, 1.807) is 66.7 Å². The Balaban J connectivity index is 1.35. The summed E-state index contributed by atoms with van der Waals surface area (Å²) in [7, 11) is 1.54. The Hall–Kier alpha value is -5.89. The van der Waals surface area contributed by atoms with Crippen LogP contribution in [0.3, 0.4) is 0 Å². The van der Waals surface area contributed by atoms with Crippen LogP contribution in [-0.2, 0) is 14.3 Å². The van der Waals surface area contributed by atoms with Gasteiger partial charge < -0.3 is 24.1 Å². The van der Waals surface area contributed by atoms with Gasteiger partial charge in [0.15, 0.2) is 0 Å². The molecule has 1 aliphatic rings. The number of hydrogen-bond donors (Lipinski definition) is 1. The molecule has 8 heteroatoms. The standard InChI is InChI=1S/C38H32O8/c1-43-32-20-14-29(15-21-32)36(40)45-33-22-16-30(17-23-33)37(41)46-35(28-10-6-3-7-11-28)34(27-8-4-2-5-9-27)38(42)44-25-24-26-12-18-31(39)19-13-26/h2,4-6,8-25,34-35,39H,3,7H2,1H3/b25-24+/t34-,35-/m0/s1. The molecule has 0 heterocycles. The molecule has 46 heavy (non-hydrogen) atoms. The number of ether oxygens (including phenoxy) is 4. The maximum absolute atomic E-state index is 13.7. The predicted molar refractivity (Wildman–Crippen MR) is 172 cm³/mol. The molecule has 0 aliphatic heterocycles. The van der Waals surface area contributed by atoms with Crippen LogP contribution in [0.2, 0.25) is 0 Å². The van der Waals surface area contributed by atoms with Gasteiger partial charge in [-0.05, 0) is 96.3 Å². The quantitative estimate of drug-likeness (QED) is 0.105. The molecule has 8 nitrogen and oxygen atoms in total. The largest absolute Gasteiger partial charge is 0.508 e. The predicted octanol–water partition coefficient (Wildman–Crippen LogP) is 7.42. The van der Waals surface area contributed by atoms with Gasteiger partial charge in [0.25, 0.3) is 0 Å². The molecule has 0 amide bonds. The first kappa shape index (κ1) is 31.5. The Bertz CT molecular complexity index is 1740. The highest BCUT2D eigenvalue weighted by molar-refractivity contribution is 5.92. The molecule has 0 saturated carbocycles. The number of carbonyl (C=O) groups is 3. The van der Waals surface area contributed by atoms with Crippen LogP contribution in [-0.4, -0.2) is 36.2 Å². The van der Waals surface area contributed by atoms with E-state index < -0.39 is 29.9 Å².